The maximum Gasteiger partial charge on any atom is 0.347 e. The van der Waals surface area contributed by atoms with Crippen molar-refractivity contribution in [1.29, 1.82) is 0 Å². The number of halogens is 1. The second-order valence-electron chi connectivity index (χ2n) is 5.31. The van der Waals surface area contributed by atoms with Crippen LogP contribution in [0.3, 0.4) is 0 Å². The number of rotatable bonds is 5. The van der Waals surface area contributed by atoms with Crippen molar-refractivity contribution in [2.45, 2.75) is 30.7 Å². The minimum Gasteiger partial charge on any atom is -0.460 e. The summed E-state index contributed by atoms with van der Waals surface area (Å²) in [6, 6.07) is 7.77. The molecule has 2 heterocycles. The topological polar surface area (TPSA) is 70.4 Å². The quantitative estimate of drug-likeness (QED) is 0.557. The Labute approximate surface area is 151 Å². The fourth-order valence-electron chi connectivity index (χ4n) is 2.33. The molecule has 1 fully saturated rings. The maximum atomic E-state index is 11.9. The van der Waals surface area contributed by atoms with Crippen LogP contribution in [0.1, 0.15) is 13.3 Å². The molecule has 2 aromatic rings. The number of benzene rings is 1. The summed E-state index contributed by atoms with van der Waals surface area (Å²) in [6.45, 7) is 1.77. The fourth-order valence-corrected chi connectivity index (χ4v) is 3.35. The Kier molecular flexibility index (Phi) is 5.25. The fraction of sp³-hybridized carbons (Fsp3) is 0.312. The van der Waals surface area contributed by atoms with Crippen LogP contribution >= 0.6 is 27.7 Å². The van der Waals surface area contributed by atoms with Gasteiger partial charge in [-0.1, -0.05) is 27.7 Å². The summed E-state index contributed by atoms with van der Waals surface area (Å²) < 4.78 is 13.0. The summed E-state index contributed by atoms with van der Waals surface area (Å²) in [7, 11) is 0. The van der Waals surface area contributed by atoms with E-state index in [0.717, 1.165) is 10.2 Å². The standard InChI is InChI=1S/C16H15BrN2O4S/c1-10-8-13(15(21)22-10)23-14(20)9-24-16-18-6-7-19(16)12-4-2-11(17)3-5-12/h2-7,10,13H,8-9H2,1H3/t10-,13+/m1/s1. The zero-order chi connectivity index (χ0) is 17.1. The molecule has 0 aliphatic carbocycles. The first-order valence-electron chi connectivity index (χ1n) is 7.35. The maximum absolute atomic E-state index is 11.9. The number of esters is 2. The molecular weight excluding hydrogens is 396 g/mol. The molecule has 1 aliphatic rings. The van der Waals surface area contributed by atoms with Crippen LogP contribution < -0.4 is 0 Å². The minimum absolute atomic E-state index is 0.0751. The van der Waals surface area contributed by atoms with Crippen molar-refractivity contribution in [3.8, 4) is 5.69 Å². The number of hydrogen-bond acceptors (Lipinski definition) is 6. The van der Waals surface area contributed by atoms with Gasteiger partial charge in [0.2, 0.25) is 6.10 Å². The molecule has 3 rings (SSSR count). The Morgan fingerprint density at radius 2 is 2.21 bits per heavy atom. The van der Waals surface area contributed by atoms with Crippen molar-refractivity contribution in [2.24, 2.45) is 0 Å². The third-order valence-corrected chi connectivity index (χ3v) is 4.90. The van der Waals surface area contributed by atoms with Crippen molar-refractivity contribution < 1.29 is 19.1 Å². The first-order chi connectivity index (χ1) is 11.5. The Hall–Kier alpha value is -1.80. The van der Waals surface area contributed by atoms with Crippen LogP contribution in [0.15, 0.2) is 46.3 Å². The smallest absolute Gasteiger partial charge is 0.347 e. The lowest BCUT2D eigenvalue weighted by Crippen LogP contribution is -2.23. The highest BCUT2D eigenvalue weighted by Crippen LogP contribution is 2.23. The molecule has 1 saturated heterocycles. The van der Waals surface area contributed by atoms with E-state index in [9.17, 15) is 9.59 Å². The lowest BCUT2D eigenvalue weighted by atomic mass is 10.2. The first-order valence-corrected chi connectivity index (χ1v) is 9.13. The zero-order valence-corrected chi connectivity index (χ0v) is 15.2. The van der Waals surface area contributed by atoms with E-state index in [4.69, 9.17) is 9.47 Å². The largest absolute Gasteiger partial charge is 0.460 e. The molecule has 0 bridgehead atoms. The Bertz CT molecular complexity index is 747. The number of imidazole rings is 1. The Balaban J connectivity index is 1.59. The van der Waals surface area contributed by atoms with Crippen LogP contribution in [0.4, 0.5) is 0 Å². The molecule has 126 valence electrons. The molecule has 1 aromatic carbocycles. The van der Waals surface area contributed by atoms with E-state index in [1.54, 1.807) is 13.1 Å². The van der Waals surface area contributed by atoms with E-state index in [-0.39, 0.29) is 11.9 Å². The lowest BCUT2D eigenvalue weighted by Gasteiger charge is -2.09. The molecule has 0 unspecified atom stereocenters. The van der Waals surface area contributed by atoms with Gasteiger partial charge in [-0.25, -0.2) is 9.78 Å². The lowest BCUT2D eigenvalue weighted by molar-refractivity contribution is -0.159. The third-order valence-electron chi connectivity index (χ3n) is 3.43. The van der Waals surface area contributed by atoms with Gasteiger partial charge in [-0.15, -0.1) is 0 Å². The summed E-state index contributed by atoms with van der Waals surface area (Å²) in [5.41, 5.74) is 0.944. The van der Waals surface area contributed by atoms with E-state index in [1.807, 2.05) is 35.0 Å². The molecule has 8 heteroatoms. The Morgan fingerprint density at radius 3 is 2.88 bits per heavy atom. The van der Waals surface area contributed by atoms with Gasteiger partial charge in [0, 0.05) is 29.0 Å². The van der Waals surface area contributed by atoms with Crippen molar-refractivity contribution in [1.82, 2.24) is 9.55 Å². The van der Waals surface area contributed by atoms with Gasteiger partial charge in [0.15, 0.2) is 5.16 Å². The van der Waals surface area contributed by atoms with Gasteiger partial charge in [-0.05, 0) is 31.2 Å². The summed E-state index contributed by atoms with van der Waals surface area (Å²) in [6.07, 6.45) is 2.90. The van der Waals surface area contributed by atoms with Gasteiger partial charge >= 0.3 is 11.9 Å². The van der Waals surface area contributed by atoms with Gasteiger partial charge in [-0.2, -0.15) is 0 Å². The summed E-state index contributed by atoms with van der Waals surface area (Å²) in [5.74, 6) is -0.857. The third kappa shape index (κ3) is 3.99. The van der Waals surface area contributed by atoms with E-state index in [1.165, 1.54) is 11.8 Å². The van der Waals surface area contributed by atoms with E-state index < -0.39 is 18.0 Å². The first kappa shape index (κ1) is 17.0. The van der Waals surface area contributed by atoms with Crippen molar-refractivity contribution in [3.63, 3.8) is 0 Å². The Morgan fingerprint density at radius 1 is 1.46 bits per heavy atom. The average Bonchev–Trinajstić information content (AvgIpc) is 3.13. The van der Waals surface area contributed by atoms with Crippen LogP contribution in [-0.4, -0.2) is 39.5 Å². The van der Waals surface area contributed by atoms with Crippen LogP contribution in [-0.2, 0) is 19.1 Å². The van der Waals surface area contributed by atoms with Gasteiger partial charge in [0.05, 0.1) is 5.75 Å². The number of cyclic esters (lactones) is 1. The van der Waals surface area contributed by atoms with Gasteiger partial charge < -0.3 is 9.47 Å². The van der Waals surface area contributed by atoms with Crippen molar-refractivity contribution in [2.75, 3.05) is 5.75 Å². The monoisotopic (exact) mass is 410 g/mol. The molecule has 24 heavy (non-hydrogen) atoms. The molecule has 0 N–H and O–H groups in total. The molecular formula is C16H15BrN2O4S. The number of carbonyl (C=O) groups is 2. The summed E-state index contributed by atoms with van der Waals surface area (Å²) >= 11 is 4.66. The molecule has 0 radical (unpaired) electrons. The van der Waals surface area contributed by atoms with Crippen LogP contribution in [0.2, 0.25) is 0 Å². The van der Waals surface area contributed by atoms with Crippen molar-refractivity contribution >= 4 is 39.6 Å². The SMILES string of the molecule is C[C@@H]1C[C@H](OC(=O)CSc2nccn2-c2ccc(Br)cc2)C(=O)O1. The van der Waals surface area contributed by atoms with Crippen LogP contribution in [0, 0.1) is 0 Å². The highest BCUT2D eigenvalue weighted by atomic mass is 79.9. The zero-order valence-electron chi connectivity index (χ0n) is 12.8. The molecule has 0 amide bonds. The predicted octanol–water partition coefficient (Wildman–Crippen LogP) is 2.97. The summed E-state index contributed by atoms with van der Waals surface area (Å²) in [5, 5.41) is 0.677. The average molecular weight is 411 g/mol. The van der Waals surface area contributed by atoms with Gasteiger partial charge in [-0.3, -0.25) is 9.36 Å². The van der Waals surface area contributed by atoms with Crippen molar-refractivity contribution in [3.05, 3.63) is 41.1 Å². The number of thioether (sulfide) groups is 1. The molecule has 0 spiro atoms. The number of aromatic nitrogens is 2. The van der Waals surface area contributed by atoms with Gasteiger partial charge in [0.1, 0.15) is 6.10 Å². The molecule has 1 aliphatic heterocycles. The molecule has 6 nitrogen and oxygen atoms in total. The highest BCUT2D eigenvalue weighted by Gasteiger charge is 2.34. The normalized spacial score (nSPS) is 20.0. The second kappa shape index (κ2) is 7.40. The van der Waals surface area contributed by atoms with Crippen LogP contribution in [0.25, 0.3) is 5.69 Å². The highest BCUT2D eigenvalue weighted by molar-refractivity contribution is 9.10. The number of carbonyl (C=O) groups excluding carboxylic acids is 2. The van der Waals surface area contributed by atoms with E-state index in [2.05, 4.69) is 20.9 Å². The number of ether oxygens (including phenoxy) is 2. The molecule has 1 aromatic heterocycles. The van der Waals surface area contributed by atoms with Gasteiger partial charge in [0.25, 0.3) is 0 Å². The van der Waals surface area contributed by atoms with E-state index >= 15 is 0 Å². The van der Waals surface area contributed by atoms with E-state index in [0.29, 0.717) is 11.6 Å². The number of nitrogens with zero attached hydrogens (tertiary/aromatic N) is 2. The summed E-state index contributed by atoms with van der Waals surface area (Å²) in [4.78, 5) is 27.7. The molecule has 0 saturated carbocycles. The second-order valence-corrected chi connectivity index (χ2v) is 7.16. The molecule has 2 atom stereocenters. The minimum atomic E-state index is -0.792. The number of hydrogen-bond donors (Lipinski definition) is 0. The predicted molar refractivity (Wildman–Crippen MR) is 92.0 cm³/mol. The van der Waals surface area contributed by atoms with Crippen LogP contribution in [0.5, 0.6) is 0 Å².